The minimum absolute atomic E-state index is 0.196. The molecule has 2 heterocycles. The summed E-state index contributed by atoms with van der Waals surface area (Å²) in [5, 5.41) is 2.07. The summed E-state index contributed by atoms with van der Waals surface area (Å²) in [4.78, 5) is 16.2. The van der Waals surface area contributed by atoms with Gasteiger partial charge in [0, 0.05) is 36.2 Å². The molecule has 1 fully saturated rings. The molecule has 0 atom stereocenters. The molecule has 1 aromatic heterocycles. The lowest BCUT2D eigenvalue weighted by Crippen LogP contribution is -2.57. The summed E-state index contributed by atoms with van der Waals surface area (Å²) in [5.74, 6) is 0. The zero-order valence-electron chi connectivity index (χ0n) is 10.1. The van der Waals surface area contributed by atoms with Crippen molar-refractivity contribution in [2.24, 2.45) is 0 Å². The highest BCUT2D eigenvalue weighted by Crippen LogP contribution is 2.27. The minimum atomic E-state index is 0.196. The van der Waals surface area contributed by atoms with Crippen molar-refractivity contribution in [1.29, 1.82) is 0 Å². The molecule has 88 valence electrons. The van der Waals surface area contributed by atoms with E-state index in [0.29, 0.717) is 0 Å². The molecule has 0 amide bonds. The van der Waals surface area contributed by atoms with Gasteiger partial charge in [0.25, 0.3) is 0 Å². The third-order valence-electron chi connectivity index (χ3n) is 3.40. The Bertz CT molecular complexity index is 386. The quantitative estimate of drug-likeness (QED) is 0.737. The Hall–Kier alpha value is -0.870. The fraction of sp³-hybridized carbons (Fsp3) is 0.583. The van der Waals surface area contributed by atoms with Gasteiger partial charge in [0.05, 0.1) is 4.88 Å². The molecule has 0 N–H and O–H groups in total. The molecule has 4 heteroatoms. The first-order chi connectivity index (χ1) is 7.53. The molecule has 16 heavy (non-hydrogen) atoms. The van der Waals surface area contributed by atoms with Crippen LogP contribution in [0.5, 0.6) is 0 Å². The van der Waals surface area contributed by atoms with E-state index in [-0.39, 0.29) is 5.54 Å². The van der Waals surface area contributed by atoms with Crippen LogP contribution in [-0.2, 0) is 0 Å². The summed E-state index contributed by atoms with van der Waals surface area (Å²) < 4.78 is 0. The van der Waals surface area contributed by atoms with Gasteiger partial charge in [-0.2, -0.15) is 0 Å². The van der Waals surface area contributed by atoms with Gasteiger partial charge in [-0.25, -0.2) is 0 Å². The molecule has 0 aromatic carbocycles. The molecular weight excluding hydrogens is 220 g/mol. The molecule has 1 aromatic rings. The van der Waals surface area contributed by atoms with E-state index in [1.54, 1.807) is 0 Å². The second-order valence-electron chi connectivity index (χ2n) is 4.98. The van der Waals surface area contributed by atoms with Crippen LogP contribution in [0, 0.1) is 0 Å². The molecular formula is C12H18N2OS. The van der Waals surface area contributed by atoms with E-state index in [9.17, 15) is 4.79 Å². The Morgan fingerprint density at radius 3 is 2.75 bits per heavy atom. The third-order valence-corrected chi connectivity index (χ3v) is 4.25. The van der Waals surface area contributed by atoms with E-state index >= 15 is 0 Å². The predicted octanol–water partition coefficient (Wildman–Crippen LogP) is 2.09. The lowest BCUT2D eigenvalue weighted by Gasteiger charge is -2.46. The number of aldehydes is 1. The third kappa shape index (κ3) is 2.13. The van der Waals surface area contributed by atoms with Gasteiger partial charge < -0.3 is 4.90 Å². The number of carbonyl (C=O) groups excluding carboxylic acids is 1. The first-order valence-electron chi connectivity index (χ1n) is 5.53. The maximum absolute atomic E-state index is 10.7. The fourth-order valence-corrected chi connectivity index (χ4v) is 2.75. The van der Waals surface area contributed by atoms with Crippen LogP contribution in [0.1, 0.15) is 23.5 Å². The molecule has 1 aliphatic rings. The first-order valence-corrected chi connectivity index (χ1v) is 6.41. The van der Waals surface area contributed by atoms with Crippen molar-refractivity contribution in [3.05, 3.63) is 16.3 Å². The van der Waals surface area contributed by atoms with Gasteiger partial charge in [0.1, 0.15) is 0 Å². The van der Waals surface area contributed by atoms with Crippen LogP contribution in [0.2, 0.25) is 0 Å². The van der Waals surface area contributed by atoms with E-state index < -0.39 is 0 Å². The molecule has 1 aliphatic heterocycles. The van der Waals surface area contributed by atoms with Crippen LogP contribution in [0.4, 0.5) is 5.69 Å². The van der Waals surface area contributed by atoms with Crippen LogP contribution in [-0.4, -0.2) is 43.4 Å². The highest BCUT2D eigenvalue weighted by atomic mass is 32.1. The van der Waals surface area contributed by atoms with Crippen molar-refractivity contribution in [1.82, 2.24) is 4.90 Å². The lowest BCUT2D eigenvalue weighted by molar-refractivity contribution is 0.112. The zero-order chi connectivity index (χ0) is 11.8. The highest BCUT2D eigenvalue weighted by Gasteiger charge is 2.31. The topological polar surface area (TPSA) is 23.6 Å². The number of hydrogen-bond acceptors (Lipinski definition) is 4. The zero-order valence-corrected chi connectivity index (χ0v) is 10.9. The molecule has 0 bridgehead atoms. The average molecular weight is 238 g/mol. The van der Waals surface area contributed by atoms with Crippen molar-refractivity contribution in [2.75, 3.05) is 31.6 Å². The van der Waals surface area contributed by atoms with Gasteiger partial charge in [-0.3, -0.25) is 9.69 Å². The van der Waals surface area contributed by atoms with Crippen molar-refractivity contribution >= 4 is 23.3 Å². The highest BCUT2D eigenvalue weighted by molar-refractivity contribution is 7.12. The SMILES string of the molecule is CN1CCN(c2csc(C=O)c2)CC1(C)C. The standard InChI is InChI=1S/C12H18N2OS/c1-12(2)9-14(5-4-13(12)3)10-6-11(7-15)16-8-10/h6-8H,4-5,9H2,1-3H3. The number of piperazine rings is 1. The molecule has 0 unspecified atom stereocenters. The number of nitrogens with zero attached hydrogens (tertiary/aromatic N) is 2. The maximum atomic E-state index is 10.7. The van der Waals surface area contributed by atoms with E-state index in [1.165, 1.54) is 17.0 Å². The van der Waals surface area contributed by atoms with Crippen LogP contribution in [0.15, 0.2) is 11.4 Å². The molecule has 0 aliphatic carbocycles. The largest absolute Gasteiger partial charge is 0.368 e. The minimum Gasteiger partial charge on any atom is -0.368 e. The molecule has 0 spiro atoms. The molecule has 2 rings (SSSR count). The normalized spacial score (nSPS) is 21.1. The first kappa shape index (κ1) is 11.6. The van der Waals surface area contributed by atoms with Gasteiger partial charge in [-0.15, -0.1) is 11.3 Å². The summed E-state index contributed by atoms with van der Waals surface area (Å²) in [6.07, 6.45) is 0.926. The Morgan fingerprint density at radius 1 is 1.44 bits per heavy atom. The summed E-state index contributed by atoms with van der Waals surface area (Å²) in [6, 6.07) is 1.99. The van der Waals surface area contributed by atoms with Crippen molar-refractivity contribution < 1.29 is 4.79 Å². The lowest BCUT2D eigenvalue weighted by atomic mass is 9.99. The number of likely N-dealkylation sites (N-methyl/N-ethyl adjacent to an activating group) is 1. The second-order valence-corrected chi connectivity index (χ2v) is 5.92. The van der Waals surface area contributed by atoms with Crippen LogP contribution >= 0.6 is 11.3 Å². The van der Waals surface area contributed by atoms with Crippen LogP contribution in [0.25, 0.3) is 0 Å². The summed E-state index contributed by atoms with van der Waals surface area (Å²) in [6.45, 7) is 7.63. The second kappa shape index (κ2) is 4.18. The van der Waals surface area contributed by atoms with Crippen molar-refractivity contribution in [3.8, 4) is 0 Å². The Labute approximate surface area is 101 Å². The van der Waals surface area contributed by atoms with Crippen LogP contribution < -0.4 is 4.90 Å². The monoisotopic (exact) mass is 238 g/mol. The molecule has 3 nitrogen and oxygen atoms in total. The number of rotatable bonds is 2. The molecule has 0 saturated carbocycles. The van der Waals surface area contributed by atoms with Gasteiger partial charge >= 0.3 is 0 Å². The van der Waals surface area contributed by atoms with Gasteiger partial charge in [-0.1, -0.05) is 0 Å². The predicted molar refractivity (Wildman–Crippen MR) is 68.6 cm³/mol. The van der Waals surface area contributed by atoms with Gasteiger partial charge in [0.2, 0.25) is 0 Å². The number of thiophene rings is 1. The summed E-state index contributed by atoms with van der Waals surface area (Å²) >= 11 is 1.52. The van der Waals surface area contributed by atoms with Gasteiger partial charge in [-0.05, 0) is 27.0 Å². The number of anilines is 1. The number of hydrogen-bond donors (Lipinski definition) is 0. The van der Waals surface area contributed by atoms with E-state index in [2.05, 4.69) is 36.1 Å². The van der Waals surface area contributed by atoms with E-state index in [1.807, 2.05) is 6.07 Å². The smallest absolute Gasteiger partial charge is 0.160 e. The fourth-order valence-electron chi connectivity index (χ4n) is 2.03. The Kier molecular flexibility index (Phi) is 3.04. The summed E-state index contributed by atoms with van der Waals surface area (Å²) in [7, 11) is 2.17. The maximum Gasteiger partial charge on any atom is 0.160 e. The Balaban J connectivity index is 2.14. The van der Waals surface area contributed by atoms with E-state index in [4.69, 9.17) is 0 Å². The molecule has 1 saturated heterocycles. The summed E-state index contributed by atoms with van der Waals surface area (Å²) in [5.41, 5.74) is 1.38. The number of carbonyl (C=O) groups is 1. The van der Waals surface area contributed by atoms with Crippen LogP contribution in [0.3, 0.4) is 0 Å². The van der Waals surface area contributed by atoms with Crippen molar-refractivity contribution in [3.63, 3.8) is 0 Å². The molecule has 0 radical (unpaired) electrons. The average Bonchev–Trinajstić information content (AvgIpc) is 2.70. The van der Waals surface area contributed by atoms with Crippen molar-refractivity contribution in [2.45, 2.75) is 19.4 Å². The van der Waals surface area contributed by atoms with E-state index in [0.717, 1.165) is 30.8 Å². The Morgan fingerprint density at radius 2 is 2.19 bits per heavy atom. The van der Waals surface area contributed by atoms with Gasteiger partial charge in [0.15, 0.2) is 6.29 Å².